The largest absolute Gasteiger partial charge is 0.467 e. The molecule has 20 heavy (non-hydrogen) atoms. The molecule has 3 heteroatoms. The molecule has 104 valence electrons. The Labute approximate surface area is 119 Å². The summed E-state index contributed by atoms with van der Waals surface area (Å²) in [6.07, 6.45) is 0. The van der Waals surface area contributed by atoms with Crippen molar-refractivity contribution in [2.75, 3.05) is 12.4 Å². The van der Waals surface area contributed by atoms with E-state index in [1.807, 2.05) is 42.5 Å². The molecule has 3 nitrogen and oxygen atoms in total. The van der Waals surface area contributed by atoms with Gasteiger partial charge in [-0.3, -0.25) is 0 Å². The first-order chi connectivity index (χ1) is 9.53. The first kappa shape index (κ1) is 14.1. The lowest BCUT2D eigenvalue weighted by atomic mass is 10.0. The topological polar surface area (TPSA) is 38.3 Å². The summed E-state index contributed by atoms with van der Waals surface area (Å²) in [4.78, 5) is 11.6. The minimum Gasteiger partial charge on any atom is -0.467 e. The average molecular weight is 269 g/mol. The highest BCUT2D eigenvalue weighted by atomic mass is 16.5. The van der Waals surface area contributed by atoms with Crippen molar-refractivity contribution in [3.05, 3.63) is 54.6 Å². The van der Waals surface area contributed by atoms with Gasteiger partial charge >= 0.3 is 5.97 Å². The number of nitrogens with one attached hydrogen (secondary N) is 1. The number of ether oxygens (including phenoxy) is 1. The SMILES string of the molecule is COC(=O)C(C)(C)Nc1ccc(-c2ccccc2)cc1. The van der Waals surface area contributed by atoms with Crippen molar-refractivity contribution < 1.29 is 9.53 Å². The van der Waals surface area contributed by atoms with E-state index in [1.165, 1.54) is 12.7 Å². The number of rotatable bonds is 4. The van der Waals surface area contributed by atoms with Crippen LogP contribution in [0.2, 0.25) is 0 Å². The molecule has 0 saturated carbocycles. The minimum absolute atomic E-state index is 0.287. The summed E-state index contributed by atoms with van der Waals surface area (Å²) in [5.74, 6) is -0.287. The van der Waals surface area contributed by atoms with Crippen LogP contribution >= 0.6 is 0 Å². The lowest BCUT2D eigenvalue weighted by Gasteiger charge is -2.24. The van der Waals surface area contributed by atoms with E-state index in [-0.39, 0.29) is 5.97 Å². The number of methoxy groups -OCH3 is 1. The zero-order valence-corrected chi connectivity index (χ0v) is 12.0. The number of hydrogen-bond donors (Lipinski definition) is 1. The zero-order valence-electron chi connectivity index (χ0n) is 12.0. The third-order valence-electron chi connectivity index (χ3n) is 3.14. The second-order valence-corrected chi connectivity index (χ2v) is 5.18. The standard InChI is InChI=1S/C17H19NO2/c1-17(2,16(19)20-3)18-15-11-9-14(10-12-15)13-7-5-4-6-8-13/h4-12,18H,1-3H3. The molecule has 0 aliphatic carbocycles. The molecule has 0 aromatic heterocycles. The van der Waals surface area contributed by atoms with Gasteiger partial charge in [0.25, 0.3) is 0 Å². The van der Waals surface area contributed by atoms with Crippen LogP contribution in [0.3, 0.4) is 0 Å². The van der Waals surface area contributed by atoms with Crippen molar-refractivity contribution in [2.24, 2.45) is 0 Å². The van der Waals surface area contributed by atoms with Gasteiger partial charge in [-0.15, -0.1) is 0 Å². The van der Waals surface area contributed by atoms with Crippen LogP contribution in [0.1, 0.15) is 13.8 Å². The number of carbonyl (C=O) groups excluding carboxylic acids is 1. The lowest BCUT2D eigenvalue weighted by molar-refractivity contribution is -0.144. The van der Waals surface area contributed by atoms with Gasteiger partial charge in [-0.2, -0.15) is 0 Å². The molecule has 2 rings (SSSR count). The van der Waals surface area contributed by atoms with Gasteiger partial charge in [0.2, 0.25) is 0 Å². The molecule has 0 aliphatic rings. The molecule has 0 atom stereocenters. The Bertz CT molecular complexity index is 574. The predicted octanol–water partition coefficient (Wildman–Crippen LogP) is 3.72. The van der Waals surface area contributed by atoms with E-state index in [4.69, 9.17) is 4.74 Å². The van der Waals surface area contributed by atoms with Crippen molar-refractivity contribution in [3.63, 3.8) is 0 Å². The third-order valence-corrected chi connectivity index (χ3v) is 3.14. The highest BCUT2D eigenvalue weighted by Gasteiger charge is 2.28. The van der Waals surface area contributed by atoms with Crippen LogP contribution in [0.5, 0.6) is 0 Å². The summed E-state index contributed by atoms with van der Waals surface area (Å²) in [6.45, 7) is 3.59. The molecule has 1 N–H and O–H groups in total. The number of esters is 1. The average Bonchev–Trinajstić information content (AvgIpc) is 2.47. The third kappa shape index (κ3) is 3.18. The molecule has 0 fully saturated rings. The van der Waals surface area contributed by atoms with Crippen molar-refractivity contribution in [2.45, 2.75) is 19.4 Å². The Morgan fingerprint density at radius 1 is 0.950 bits per heavy atom. The van der Waals surface area contributed by atoms with Gasteiger partial charge in [0.15, 0.2) is 0 Å². The number of benzene rings is 2. The predicted molar refractivity (Wildman–Crippen MR) is 81.6 cm³/mol. The van der Waals surface area contributed by atoms with E-state index in [1.54, 1.807) is 13.8 Å². The van der Waals surface area contributed by atoms with E-state index in [9.17, 15) is 4.79 Å². The molecule has 2 aromatic carbocycles. The summed E-state index contributed by atoms with van der Waals surface area (Å²) < 4.78 is 4.78. The fourth-order valence-corrected chi connectivity index (χ4v) is 2.04. The van der Waals surface area contributed by atoms with Gasteiger partial charge in [-0.05, 0) is 37.1 Å². The van der Waals surface area contributed by atoms with Crippen LogP contribution in [0.15, 0.2) is 54.6 Å². The van der Waals surface area contributed by atoms with Gasteiger partial charge in [-0.25, -0.2) is 4.79 Å². The van der Waals surface area contributed by atoms with Gasteiger partial charge in [0.1, 0.15) is 5.54 Å². The van der Waals surface area contributed by atoms with Crippen LogP contribution in [-0.4, -0.2) is 18.6 Å². The second kappa shape index (κ2) is 5.78. The Hall–Kier alpha value is -2.29. The maximum absolute atomic E-state index is 11.6. The first-order valence-electron chi connectivity index (χ1n) is 6.55. The van der Waals surface area contributed by atoms with Gasteiger partial charge in [0, 0.05) is 5.69 Å². The van der Waals surface area contributed by atoms with Crippen molar-refractivity contribution in [1.82, 2.24) is 0 Å². The Morgan fingerprint density at radius 2 is 1.50 bits per heavy atom. The number of anilines is 1. The van der Waals surface area contributed by atoms with Crippen molar-refractivity contribution in [1.29, 1.82) is 0 Å². The molecule has 0 saturated heterocycles. The zero-order chi connectivity index (χ0) is 14.6. The minimum atomic E-state index is -0.747. The Morgan fingerprint density at radius 3 is 2.05 bits per heavy atom. The number of carbonyl (C=O) groups is 1. The molecular weight excluding hydrogens is 250 g/mol. The van der Waals surface area contributed by atoms with Gasteiger partial charge < -0.3 is 10.1 Å². The molecule has 0 amide bonds. The van der Waals surface area contributed by atoms with Crippen LogP contribution in [0.4, 0.5) is 5.69 Å². The Kier molecular flexibility index (Phi) is 4.08. The highest BCUT2D eigenvalue weighted by Crippen LogP contribution is 2.23. The fraction of sp³-hybridized carbons (Fsp3) is 0.235. The summed E-state index contributed by atoms with van der Waals surface area (Å²) in [5, 5.41) is 3.17. The van der Waals surface area contributed by atoms with Crippen LogP contribution in [-0.2, 0) is 9.53 Å². The fourth-order valence-electron chi connectivity index (χ4n) is 2.04. The van der Waals surface area contributed by atoms with Crippen LogP contribution in [0, 0.1) is 0 Å². The summed E-state index contributed by atoms with van der Waals surface area (Å²) >= 11 is 0. The smallest absolute Gasteiger partial charge is 0.330 e. The van der Waals surface area contributed by atoms with Crippen molar-refractivity contribution >= 4 is 11.7 Å². The molecule has 0 aliphatic heterocycles. The summed E-state index contributed by atoms with van der Waals surface area (Å²) in [5.41, 5.74) is 2.46. The van der Waals surface area contributed by atoms with E-state index in [0.717, 1.165) is 11.3 Å². The molecule has 0 unspecified atom stereocenters. The molecule has 2 aromatic rings. The van der Waals surface area contributed by atoms with E-state index in [0.29, 0.717) is 0 Å². The molecule has 0 bridgehead atoms. The van der Waals surface area contributed by atoms with E-state index in [2.05, 4.69) is 17.4 Å². The van der Waals surface area contributed by atoms with Crippen LogP contribution < -0.4 is 5.32 Å². The molecule has 0 heterocycles. The molecule has 0 radical (unpaired) electrons. The maximum Gasteiger partial charge on any atom is 0.330 e. The quantitative estimate of drug-likeness (QED) is 0.860. The Balaban J connectivity index is 2.15. The second-order valence-electron chi connectivity index (χ2n) is 5.18. The van der Waals surface area contributed by atoms with E-state index < -0.39 is 5.54 Å². The molecule has 0 spiro atoms. The maximum atomic E-state index is 11.6. The van der Waals surface area contributed by atoms with Crippen LogP contribution in [0.25, 0.3) is 11.1 Å². The number of hydrogen-bond acceptors (Lipinski definition) is 3. The normalized spacial score (nSPS) is 10.9. The van der Waals surface area contributed by atoms with Crippen molar-refractivity contribution in [3.8, 4) is 11.1 Å². The van der Waals surface area contributed by atoms with Gasteiger partial charge in [-0.1, -0.05) is 42.5 Å². The highest BCUT2D eigenvalue weighted by molar-refractivity contribution is 5.83. The summed E-state index contributed by atoms with van der Waals surface area (Å²) in [6, 6.07) is 18.2. The monoisotopic (exact) mass is 269 g/mol. The first-order valence-corrected chi connectivity index (χ1v) is 6.55. The molecular formula is C17H19NO2. The van der Waals surface area contributed by atoms with E-state index >= 15 is 0 Å². The van der Waals surface area contributed by atoms with Gasteiger partial charge in [0.05, 0.1) is 7.11 Å². The lowest BCUT2D eigenvalue weighted by Crippen LogP contribution is -2.41. The summed E-state index contributed by atoms with van der Waals surface area (Å²) in [7, 11) is 1.39.